The maximum Gasteiger partial charge on any atom is 0.295 e. The van der Waals surface area contributed by atoms with E-state index < -0.39 is 16.6 Å². The van der Waals surface area contributed by atoms with Gasteiger partial charge in [0.15, 0.2) is 0 Å². The Kier molecular flexibility index (Phi) is 3.98. The van der Waals surface area contributed by atoms with E-state index >= 15 is 0 Å². The van der Waals surface area contributed by atoms with Crippen molar-refractivity contribution in [2.75, 3.05) is 5.32 Å². The molecule has 1 N–H and O–H groups in total. The van der Waals surface area contributed by atoms with Crippen LogP contribution in [0.5, 0.6) is 0 Å². The highest BCUT2D eigenvalue weighted by molar-refractivity contribution is 6.04. The maximum atomic E-state index is 13.1. The molecule has 0 saturated heterocycles. The first-order valence-corrected chi connectivity index (χ1v) is 6.75. The first-order valence-electron chi connectivity index (χ1n) is 6.75. The molecule has 0 aliphatic heterocycles. The summed E-state index contributed by atoms with van der Waals surface area (Å²) in [5, 5.41) is 17.6. The van der Waals surface area contributed by atoms with Gasteiger partial charge in [-0.2, -0.15) is 5.10 Å². The first kappa shape index (κ1) is 15.3. The van der Waals surface area contributed by atoms with Crippen LogP contribution in [0.3, 0.4) is 0 Å². The number of nitro benzene ring substituents is 1. The Morgan fingerprint density at radius 3 is 2.75 bits per heavy atom. The predicted octanol–water partition coefficient (Wildman–Crippen LogP) is 2.57. The van der Waals surface area contributed by atoms with E-state index in [1.54, 1.807) is 0 Å². The number of nitrogens with zero attached hydrogens (tertiary/aromatic N) is 4. The molecule has 3 rings (SSSR count). The van der Waals surface area contributed by atoms with Crippen molar-refractivity contribution in [3.63, 3.8) is 0 Å². The number of aromatic nitrogens is 3. The summed E-state index contributed by atoms with van der Waals surface area (Å²) in [7, 11) is 0. The number of benzene rings is 2. The quantitative estimate of drug-likeness (QED) is 0.586. The van der Waals surface area contributed by atoms with E-state index in [0.717, 1.165) is 12.1 Å². The SMILES string of the molecule is O=C(Nc1cccc(F)c1)c1ccc(-n2cncn2)c([N+](=O)[O-])c1. The van der Waals surface area contributed by atoms with Gasteiger partial charge in [0.25, 0.3) is 11.6 Å². The summed E-state index contributed by atoms with van der Waals surface area (Å²) in [4.78, 5) is 26.6. The fraction of sp³-hybridized carbons (Fsp3) is 0. The van der Waals surface area contributed by atoms with Crippen LogP contribution in [0.15, 0.2) is 55.1 Å². The number of hydrogen-bond donors (Lipinski definition) is 1. The zero-order valence-electron chi connectivity index (χ0n) is 12.1. The molecule has 120 valence electrons. The second-order valence-electron chi connectivity index (χ2n) is 4.77. The van der Waals surface area contributed by atoms with E-state index in [1.165, 1.54) is 47.7 Å². The number of carbonyl (C=O) groups is 1. The van der Waals surface area contributed by atoms with Crippen LogP contribution in [-0.2, 0) is 0 Å². The summed E-state index contributed by atoms with van der Waals surface area (Å²) in [6.07, 6.45) is 2.56. The van der Waals surface area contributed by atoms with Crippen LogP contribution in [-0.4, -0.2) is 25.6 Å². The van der Waals surface area contributed by atoms with Crippen molar-refractivity contribution in [3.8, 4) is 5.69 Å². The topological polar surface area (TPSA) is 103 Å². The molecule has 8 nitrogen and oxygen atoms in total. The van der Waals surface area contributed by atoms with Gasteiger partial charge in [-0.3, -0.25) is 14.9 Å². The fourth-order valence-corrected chi connectivity index (χ4v) is 2.11. The average molecular weight is 327 g/mol. The third-order valence-electron chi connectivity index (χ3n) is 3.18. The Hall–Kier alpha value is -3.62. The van der Waals surface area contributed by atoms with E-state index in [0.29, 0.717) is 0 Å². The monoisotopic (exact) mass is 327 g/mol. The van der Waals surface area contributed by atoms with Crippen molar-refractivity contribution in [3.05, 3.63) is 76.6 Å². The second kappa shape index (κ2) is 6.24. The van der Waals surface area contributed by atoms with Crippen molar-refractivity contribution in [2.45, 2.75) is 0 Å². The molecular weight excluding hydrogens is 317 g/mol. The van der Waals surface area contributed by atoms with Gasteiger partial charge in [-0.1, -0.05) is 6.07 Å². The fourth-order valence-electron chi connectivity index (χ4n) is 2.11. The van der Waals surface area contributed by atoms with Gasteiger partial charge in [0.05, 0.1) is 4.92 Å². The molecule has 1 amide bonds. The smallest absolute Gasteiger partial charge is 0.295 e. The zero-order chi connectivity index (χ0) is 17.1. The Labute approximate surface area is 134 Å². The lowest BCUT2D eigenvalue weighted by molar-refractivity contribution is -0.384. The van der Waals surface area contributed by atoms with Gasteiger partial charge < -0.3 is 5.32 Å². The van der Waals surface area contributed by atoms with Gasteiger partial charge in [0.1, 0.15) is 24.2 Å². The number of halogens is 1. The van der Waals surface area contributed by atoms with Crippen molar-refractivity contribution in [1.29, 1.82) is 0 Å². The largest absolute Gasteiger partial charge is 0.322 e. The van der Waals surface area contributed by atoms with Gasteiger partial charge in [0, 0.05) is 17.3 Å². The van der Waals surface area contributed by atoms with Gasteiger partial charge in [-0.15, -0.1) is 0 Å². The number of carbonyl (C=O) groups excluding carboxylic acids is 1. The van der Waals surface area contributed by atoms with Gasteiger partial charge >= 0.3 is 0 Å². The van der Waals surface area contributed by atoms with Crippen molar-refractivity contribution in [2.24, 2.45) is 0 Å². The lowest BCUT2D eigenvalue weighted by Gasteiger charge is -2.07. The molecule has 9 heteroatoms. The van der Waals surface area contributed by atoms with Crippen molar-refractivity contribution < 1.29 is 14.1 Å². The van der Waals surface area contributed by atoms with Crippen LogP contribution in [0.2, 0.25) is 0 Å². The highest BCUT2D eigenvalue weighted by Gasteiger charge is 2.19. The summed E-state index contributed by atoms with van der Waals surface area (Å²) in [5.41, 5.74) is 0.199. The third kappa shape index (κ3) is 3.09. The minimum Gasteiger partial charge on any atom is -0.322 e. The predicted molar refractivity (Wildman–Crippen MR) is 82.4 cm³/mol. The number of anilines is 1. The minimum absolute atomic E-state index is 0.0647. The molecule has 24 heavy (non-hydrogen) atoms. The molecule has 0 saturated carbocycles. The number of nitro groups is 1. The third-order valence-corrected chi connectivity index (χ3v) is 3.18. The number of nitrogens with one attached hydrogen (secondary N) is 1. The molecule has 0 radical (unpaired) electrons. The summed E-state index contributed by atoms with van der Waals surface area (Å²) in [5.74, 6) is -1.09. The molecule has 0 spiro atoms. The summed E-state index contributed by atoms with van der Waals surface area (Å²) >= 11 is 0. The van der Waals surface area contributed by atoms with E-state index in [-0.39, 0.29) is 22.6 Å². The van der Waals surface area contributed by atoms with Crippen LogP contribution in [0.4, 0.5) is 15.8 Å². The number of rotatable bonds is 4. The van der Waals surface area contributed by atoms with Crippen LogP contribution in [0.1, 0.15) is 10.4 Å². The average Bonchev–Trinajstić information content (AvgIpc) is 3.08. The summed E-state index contributed by atoms with van der Waals surface area (Å²) in [6.45, 7) is 0. The first-order chi connectivity index (χ1) is 11.5. The van der Waals surface area contributed by atoms with Crippen LogP contribution in [0.25, 0.3) is 5.69 Å². The summed E-state index contributed by atoms with van der Waals surface area (Å²) < 4.78 is 14.4. The van der Waals surface area contributed by atoms with Crippen LogP contribution in [0, 0.1) is 15.9 Å². The van der Waals surface area contributed by atoms with Crippen LogP contribution >= 0.6 is 0 Å². The lowest BCUT2D eigenvalue weighted by Crippen LogP contribution is -2.13. The molecule has 1 heterocycles. The molecular formula is C15H10FN5O3. The number of hydrogen-bond acceptors (Lipinski definition) is 5. The Bertz CT molecular complexity index is 911. The lowest BCUT2D eigenvalue weighted by atomic mass is 10.1. The standard InChI is InChI=1S/C15H10FN5O3/c16-11-2-1-3-12(7-11)19-15(22)10-4-5-13(14(6-10)21(23)24)20-9-17-8-18-20/h1-9H,(H,19,22). The van der Waals surface area contributed by atoms with E-state index in [4.69, 9.17) is 0 Å². The molecule has 0 unspecified atom stereocenters. The van der Waals surface area contributed by atoms with Gasteiger partial charge in [-0.05, 0) is 30.3 Å². The second-order valence-corrected chi connectivity index (χ2v) is 4.77. The zero-order valence-corrected chi connectivity index (χ0v) is 12.1. The molecule has 3 aromatic rings. The Morgan fingerprint density at radius 1 is 1.25 bits per heavy atom. The number of amides is 1. The van der Waals surface area contributed by atoms with Crippen molar-refractivity contribution >= 4 is 17.3 Å². The van der Waals surface area contributed by atoms with Gasteiger partial charge in [-0.25, -0.2) is 14.1 Å². The molecule has 0 aliphatic rings. The Morgan fingerprint density at radius 2 is 2.08 bits per heavy atom. The maximum absolute atomic E-state index is 13.1. The Balaban J connectivity index is 1.93. The molecule has 2 aromatic carbocycles. The van der Waals surface area contributed by atoms with E-state index in [2.05, 4.69) is 15.4 Å². The highest BCUT2D eigenvalue weighted by atomic mass is 19.1. The highest BCUT2D eigenvalue weighted by Crippen LogP contribution is 2.24. The molecule has 0 aliphatic carbocycles. The minimum atomic E-state index is -0.615. The molecule has 0 fully saturated rings. The van der Waals surface area contributed by atoms with Crippen molar-refractivity contribution in [1.82, 2.24) is 14.8 Å². The molecule has 1 aromatic heterocycles. The molecule has 0 atom stereocenters. The summed E-state index contributed by atoms with van der Waals surface area (Å²) in [6, 6.07) is 9.29. The normalized spacial score (nSPS) is 10.4. The van der Waals surface area contributed by atoms with Gasteiger partial charge in [0.2, 0.25) is 0 Å². The van der Waals surface area contributed by atoms with Crippen LogP contribution < -0.4 is 5.32 Å². The molecule has 0 bridgehead atoms. The van der Waals surface area contributed by atoms with E-state index in [9.17, 15) is 19.3 Å². The van der Waals surface area contributed by atoms with E-state index in [1.807, 2.05) is 0 Å².